The maximum Gasteiger partial charge on any atom is 0.294 e. The van der Waals surface area contributed by atoms with Crippen LogP contribution in [0, 0.1) is 13.8 Å². The summed E-state index contributed by atoms with van der Waals surface area (Å²) in [6.45, 7) is 6.93. The minimum absolute atomic E-state index is 0.137. The average Bonchev–Trinajstić information content (AvgIpc) is 1.92. The minimum atomic E-state index is -4.14. The molecule has 0 spiro atoms. The molecule has 1 rings (SSSR count). The van der Waals surface area contributed by atoms with Gasteiger partial charge in [-0.05, 0) is 31.0 Å². The van der Waals surface area contributed by atoms with E-state index in [4.69, 9.17) is 11.5 Å². The van der Waals surface area contributed by atoms with Gasteiger partial charge in [-0.2, -0.15) is 8.42 Å². The van der Waals surface area contributed by atoms with E-state index < -0.39 is 10.1 Å². The zero-order valence-corrected chi connectivity index (χ0v) is 7.30. The first-order valence-corrected chi connectivity index (χ1v) is 4.69. The zero-order valence-electron chi connectivity index (χ0n) is 6.48. The van der Waals surface area contributed by atoms with E-state index in [2.05, 4.69) is 0 Å². The van der Waals surface area contributed by atoms with Crippen LogP contribution in [0.5, 0.6) is 0 Å². The van der Waals surface area contributed by atoms with E-state index >= 15 is 0 Å². The fourth-order valence-electron chi connectivity index (χ4n) is 0.895. The Bertz CT molecular complexity index is 393. The lowest BCUT2D eigenvalue weighted by Crippen LogP contribution is -2.00. The van der Waals surface area contributed by atoms with E-state index in [1.54, 1.807) is 19.1 Å². The molecule has 0 aromatic heterocycles. The molecule has 0 fully saturated rings. The molecule has 1 aromatic carbocycles. The van der Waals surface area contributed by atoms with Crippen LogP contribution in [0.2, 0.25) is 0 Å². The summed E-state index contributed by atoms with van der Waals surface area (Å²) < 4.78 is 30.1. The van der Waals surface area contributed by atoms with Crippen molar-refractivity contribution in [1.29, 1.82) is 0 Å². The smallest absolute Gasteiger partial charge is 0.282 e. The Morgan fingerprint density at radius 1 is 1.42 bits per heavy atom. The normalized spacial score (nSPS) is 11.6. The van der Waals surface area contributed by atoms with Gasteiger partial charge in [0.15, 0.2) is 0 Å². The average molecular weight is 184 g/mol. The third kappa shape index (κ3) is 1.84. The SMILES string of the molecule is [CH]c1ccc(C)c(S(=O)(=O)O)c1. The summed E-state index contributed by atoms with van der Waals surface area (Å²) >= 11 is 0. The van der Waals surface area contributed by atoms with E-state index in [-0.39, 0.29) is 4.90 Å². The van der Waals surface area contributed by atoms with Crippen LogP contribution in [0.3, 0.4) is 0 Å². The minimum Gasteiger partial charge on any atom is -0.282 e. The van der Waals surface area contributed by atoms with Gasteiger partial charge in [-0.3, -0.25) is 4.55 Å². The molecular formula is C8H8O3S. The summed E-state index contributed by atoms with van der Waals surface area (Å²) in [7, 11) is -4.14. The van der Waals surface area contributed by atoms with Crippen LogP contribution in [0.15, 0.2) is 23.1 Å². The first-order chi connectivity index (χ1) is 5.41. The molecule has 0 unspecified atom stereocenters. The van der Waals surface area contributed by atoms with Gasteiger partial charge in [0.2, 0.25) is 0 Å². The molecule has 0 atom stereocenters. The van der Waals surface area contributed by atoms with Gasteiger partial charge < -0.3 is 0 Å². The largest absolute Gasteiger partial charge is 0.294 e. The lowest BCUT2D eigenvalue weighted by Gasteiger charge is -2.02. The molecule has 0 saturated carbocycles. The molecule has 0 aliphatic carbocycles. The summed E-state index contributed by atoms with van der Waals surface area (Å²) in [4.78, 5) is -0.137. The van der Waals surface area contributed by atoms with Gasteiger partial charge in [-0.1, -0.05) is 12.1 Å². The van der Waals surface area contributed by atoms with Crippen LogP contribution in [-0.2, 0) is 10.1 Å². The summed E-state index contributed by atoms with van der Waals surface area (Å²) in [6, 6.07) is 4.34. The Hall–Kier alpha value is -0.870. The fraction of sp³-hybridized carbons (Fsp3) is 0.125. The van der Waals surface area contributed by atoms with E-state index in [1.165, 1.54) is 6.07 Å². The predicted octanol–water partition coefficient (Wildman–Crippen LogP) is 1.30. The van der Waals surface area contributed by atoms with E-state index in [1.807, 2.05) is 0 Å². The molecule has 0 bridgehead atoms. The maximum atomic E-state index is 10.7. The predicted molar refractivity (Wildman–Crippen MR) is 44.4 cm³/mol. The number of aryl methyl sites for hydroxylation is 1. The van der Waals surface area contributed by atoms with Crippen LogP contribution in [0.25, 0.3) is 0 Å². The second kappa shape index (κ2) is 2.88. The molecule has 2 radical (unpaired) electrons. The molecular weight excluding hydrogens is 176 g/mol. The van der Waals surface area contributed by atoms with Crippen molar-refractivity contribution in [3.8, 4) is 0 Å². The molecule has 64 valence electrons. The Labute approximate surface area is 71.8 Å². The number of hydrogen-bond donors (Lipinski definition) is 1. The van der Waals surface area contributed by atoms with Crippen molar-refractivity contribution in [2.75, 3.05) is 0 Å². The Morgan fingerprint density at radius 2 is 2.00 bits per heavy atom. The van der Waals surface area contributed by atoms with Crippen molar-refractivity contribution >= 4 is 10.1 Å². The van der Waals surface area contributed by atoms with Crippen LogP contribution < -0.4 is 0 Å². The van der Waals surface area contributed by atoms with Crippen molar-refractivity contribution in [2.45, 2.75) is 11.8 Å². The van der Waals surface area contributed by atoms with Crippen LogP contribution in [0.1, 0.15) is 11.1 Å². The summed E-state index contributed by atoms with van der Waals surface area (Å²) in [5, 5.41) is 0. The van der Waals surface area contributed by atoms with Gasteiger partial charge in [0.05, 0.1) is 4.90 Å². The molecule has 3 nitrogen and oxygen atoms in total. The summed E-state index contributed by atoms with van der Waals surface area (Å²) in [6.07, 6.45) is 0. The molecule has 1 N–H and O–H groups in total. The number of benzene rings is 1. The third-order valence-electron chi connectivity index (χ3n) is 1.49. The number of hydrogen-bond acceptors (Lipinski definition) is 2. The summed E-state index contributed by atoms with van der Waals surface area (Å²) in [5.74, 6) is 0. The topological polar surface area (TPSA) is 54.4 Å². The number of rotatable bonds is 1. The monoisotopic (exact) mass is 184 g/mol. The first-order valence-electron chi connectivity index (χ1n) is 3.25. The second-order valence-corrected chi connectivity index (χ2v) is 3.89. The highest BCUT2D eigenvalue weighted by Gasteiger charge is 2.12. The van der Waals surface area contributed by atoms with Crippen LogP contribution >= 0.6 is 0 Å². The summed E-state index contributed by atoms with van der Waals surface area (Å²) in [5.41, 5.74) is 0.792. The van der Waals surface area contributed by atoms with Crippen molar-refractivity contribution in [2.24, 2.45) is 0 Å². The Kier molecular flexibility index (Phi) is 2.21. The maximum absolute atomic E-state index is 10.7. The molecule has 0 saturated heterocycles. The quantitative estimate of drug-likeness (QED) is 0.669. The fourth-order valence-corrected chi connectivity index (χ4v) is 1.65. The van der Waals surface area contributed by atoms with Gasteiger partial charge in [0, 0.05) is 0 Å². The molecule has 1 aromatic rings. The van der Waals surface area contributed by atoms with Gasteiger partial charge >= 0.3 is 0 Å². The third-order valence-corrected chi connectivity index (χ3v) is 2.49. The van der Waals surface area contributed by atoms with E-state index in [0.29, 0.717) is 11.1 Å². The van der Waals surface area contributed by atoms with Crippen molar-refractivity contribution < 1.29 is 13.0 Å². The zero-order chi connectivity index (χ0) is 9.35. The van der Waals surface area contributed by atoms with Gasteiger partial charge in [0.25, 0.3) is 10.1 Å². The van der Waals surface area contributed by atoms with E-state index in [0.717, 1.165) is 0 Å². The molecule has 4 heteroatoms. The Balaban J connectivity index is 3.43. The molecule has 12 heavy (non-hydrogen) atoms. The lowest BCUT2D eigenvalue weighted by molar-refractivity contribution is 0.482. The van der Waals surface area contributed by atoms with Gasteiger partial charge in [-0.25, -0.2) is 0 Å². The highest BCUT2D eigenvalue weighted by atomic mass is 32.2. The second-order valence-electron chi connectivity index (χ2n) is 2.50. The highest BCUT2D eigenvalue weighted by molar-refractivity contribution is 7.85. The standard InChI is InChI=1S/C8H8O3S/c1-6-3-4-7(2)8(5-6)12(9,10)11/h1,3-5H,2H3,(H,9,10,11). The molecule has 0 heterocycles. The van der Waals surface area contributed by atoms with E-state index in [9.17, 15) is 8.42 Å². The van der Waals surface area contributed by atoms with Crippen molar-refractivity contribution in [1.82, 2.24) is 0 Å². The van der Waals surface area contributed by atoms with Crippen molar-refractivity contribution in [3.05, 3.63) is 36.2 Å². The van der Waals surface area contributed by atoms with Crippen LogP contribution in [-0.4, -0.2) is 13.0 Å². The highest BCUT2D eigenvalue weighted by Crippen LogP contribution is 2.15. The first kappa shape index (κ1) is 9.22. The molecule has 0 aliphatic rings. The molecule has 0 aliphatic heterocycles. The van der Waals surface area contributed by atoms with Gasteiger partial charge in [-0.15, -0.1) is 0 Å². The van der Waals surface area contributed by atoms with Gasteiger partial charge in [0.1, 0.15) is 0 Å². The van der Waals surface area contributed by atoms with Crippen molar-refractivity contribution in [3.63, 3.8) is 0 Å². The Morgan fingerprint density at radius 3 is 2.42 bits per heavy atom. The lowest BCUT2D eigenvalue weighted by atomic mass is 10.2. The van der Waals surface area contributed by atoms with Crippen LogP contribution in [0.4, 0.5) is 0 Å². The molecule has 0 amide bonds.